The number of nitrogens with one attached hydrogen (secondary N) is 1. The average molecular weight is 310 g/mol. The Morgan fingerprint density at radius 2 is 2.28 bits per heavy atom. The summed E-state index contributed by atoms with van der Waals surface area (Å²) in [5, 5.41) is 6.66. The van der Waals surface area contributed by atoms with Crippen molar-refractivity contribution < 1.29 is 4.79 Å². The highest BCUT2D eigenvalue weighted by Crippen LogP contribution is 2.25. The van der Waals surface area contributed by atoms with Gasteiger partial charge in [0.15, 0.2) is 0 Å². The molecule has 94 valence electrons. The number of carbonyl (C=O) groups excluding carboxylic acids is 1. The molecule has 1 amide bonds. The van der Waals surface area contributed by atoms with Crippen molar-refractivity contribution in [3.05, 3.63) is 39.3 Å². The van der Waals surface area contributed by atoms with Gasteiger partial charge in [0.2, 0.25) is 5.91 Å². The third-order valence-corrected chi connectivity index (χ3v) is 3.18. The smallest absolute Gasteiger partial charge is 0.216 e. The molecule has 1 N–H and O–H groups in total. The fourth-order valence-electron chi connectivity index (χ4n) is 1.89. The van der Waals surface area contributed by atoms with Crippen LogP contribution in [0.2, 0.25) is 0 Å². The molecule has 0 atom stereocenters. The van der Waals surface area contributed by atoms with Crippen molar-refractivity contribution in [3.63, 3.8) is 0 Å². The second-order valence-corrected chi connectivity index (χ2v) is 4.89. The maximum absolute atomic E-state index is 10.8. The molecule has 5 nitrogen and oxygen atoms in total. The van der Waals surface area contributed by atoms with Crippen LogP contribution in [0.4, 0.5) is 0 Å². The van der Waals surface area contributed by atoms with Crippen LogP contribution in [-0.4, -0.2) is 17.1 Å². The van der Waals surface area contributed by atoms with E-state index in [0.29, 0.717) is 13.0 Å². The van der Waals surface area contributed by atoms with Crippen LogP contribution in [0.15, 0.2) is 34.2 Å². The van der Waals surface area contributed by atoms with Crippen LogP contribution in [0.25, 0.3) is 10.9 Å². The summed E-state index contributed by atoms with van der Waals surface area (Å²) in [5.41, 5.74) is 1.76. The lowest BCUT2D eigenvalue weighted by molar-refractivity contribution is -0.118. The molecule has 0 saturated carbocycles. The Kier molecular flexibility index (Phi) is 3.76. The van der Waals surface area contributed by atoms with Gasteiger partial charge in [0, 0.05) is 29.5 Å². The normalized spacial score (nSPS) is 10.6. The molecule has 2 rings (SSSR count). The Morgan fingerprint density at radius 1 is 1.50 bits per heavy atom. The van der Waals surface area contributed by atoms with E-state index in [-0.39, 0.29) is 5.91 Å². The predicted octanol–water partition coefficient (Wildman–Crippen LogP) is 2.61. The first-order chi connectivity index (χ1) is 8.61. The molecule has 0 unspecified atom stereocenters. The van der Waals surface area contributed by atoms with Crippen molar-refractivity contribution in [1.82, 2.24) is 9.99 Å². The van der Waals surface area contributed by atoms with E-state index >= 15 is 0 Å². The highest BCUT2D eigenvalue weighted by molar-refractivity contribution is 9.10. The van der Waals surface area contributed by atoms with Crippen LogP contribution in [0.5, 0.6) is 0 Å². The van der Waals surface area contributed by atoms with E-state index in [1.165, 1.54) is 11.6 Å². The van der Waals surface area contributed by atoms with Crippen molar-refractivity contribution in [2.24, 2.45) is 5.29 Å². The third kappa shape index (κ3) is 2.59. The number of fused-ring (bicyclic) bond motifs is 1. The largest absolute Gasteiger partial charge is 0.356 e. The summed E-state index contributed by atoms with van der Waals surface area (Å²) >= 11 is 3.40. The molecule has 0 bridgehead atoms. The molecule has 1 aromatic carbocycles. The van der Waals surface area contributed by atoms with Gasteiger partial charge in [0.05, 0.1) is 10.8 Å². The van der Waals surface area contributed by atoms with Gasteiger partial charge in [0.25, 0.3) is 0 Å². The molecule has 1 aromatic heterocycles. The molecule has 0 aliphatic heterocycles. The summed E-state index contributed by atoms with van der Waals surface area (Å²) in [6, 6.07) is 5.64. The molecule has 2 aromatic rings. The zero-order chi connectivity index (χ0) is 13.1. The lowest BCUT2D eigenvalue weighted by Gasteiger charge is -2.01. The van der Waals surface area contributed by atoms with Crippen molar-refractivity contribution in [2.75, 3.05) is 6.54 Å². The molecular weight excluding hydrogens is 298 g/mol. The average Bonchev–Trinajstić information content (AvgIpc) is 2.66. The van der Waals surface area contributed by atoms with E-state index in [1.54, 1.807) is 6.20 Å². The van der Waals surface area contributed by atoms with E-state index in [1.807, 2.05) is 18.2 Å². The molecule has 0 saturated heterocycles. The van der Waals surface area contributed by atoms with E-state index in [2.05, 4.69) is 26.5 Å². The number of aromatic nitrogens is 1. The maximum atomic E-state index is 10.8. The number of halogens is 1. The number of nitrogens with zero attached hydrogens (tertiary/aromatic N) is 2. The second kappa shape index (κ2) is 5.30. The lowest BCUT2D eigenvalue weighted by Crippen LogP contribution is -2.22. The van der Waals surface area contributed by atoms with Crippen LogP contribution < -0.4 is 5.32 Å². The monoisotopic (exact) mass is 309 g/mol. The highest BCUT2D eigenvalue weighted by atomic mass is 79.9. The zero-order valence-electron chi connectivity index (χ0n) is 9.81. The molecule has 0 aliphatic carbocycles. The number of benzene rings is 1. The SMILES string of the molecule is CC(=O)NCCc1cn(N=O)c2ccc(Br)cc12. The summed E-state index contributed by atoms with van der Waals surface area (Å²) in [6.45, 7) is 2.02. The van der Waals surface area contributed by atoms with Gasteiger partial charge >= 0.3 is 0 Å². The van der Waals surface area contributed by atoms with E-state index < -0.39 is 0 Å². The fourth-order valence-corrected chi connectivity index (χ4v) is 2.25. The standard InChI is InChI=1S/C12H12BrN3O2/c1-8(17)14-5-4-9-7-16(15-18)12-3-2-10(13)6-11(9)12/h2-3,6-7H,4-5H2,1H3,(H,14,17). The number of rotatable bonds is 4. The number of hydrogen-bond acceptors (Lipinski definition) is 3. The first kappa shape index (κ1) is 12.8. The molecule has 0 radical (unpaired) electrons. The third-order valence-electron chi connectivity index (χ3n) is 2.69. The lowest BCUT2D eigenvalue weighted by atomic mass is 10.1. The number of carbonyl (C=O) groups is 1. The quantitative estimate of drug-likeness (QED) is 0.882. The van der Waals surface area contributed by atoms with Gasteiger partial charge in [-0.3, -0.25) is 4.79 Å². The number of hydrogen-bond donors (Lipinski definition) is 1. The van der Waals surface area contributed by atoms with Crippen LogP contribution in [0.1, 0.15) is 12.5 Å². The molecule has 0 aliphatic rings. The molecular formula is C12H12BrN3O2. The second-order valence-electron chi connectivity index (χ2n) is 3.97. The van der Waals surface area contributed by atoms with Gasteiger partial charge in [0.1, 0.15) is 0 Å². The van der Waals surface area contributed by atoms with Crippen molar-refractivity contribution >= 4 is 32.7 Å². The van der Waals surface area contributed by atoms with Crippen molar-refractivity contribution in [1.29, 1.82) is 0 Å². The number of nitroso groups, excluding NO2 is 1. The van der Waals surface area contributed by atoms with Crippen molar-refractivity contribution in [3.8, 4) is 0 Å². The Bertz CT molecular complexity index is 607. The van der Waals surface area contributed by atoms with Crippen LogP contribution >= 0.6 is 15.9 Å². The van der Waals surface area contributed by atoms with Gasteiger partial charge in [-0.2, -0.15) is 0 Å². The number of amides is 1. The summed E-state index contributed by atoms with van der Waals surface area (Å²) in [6.07, 6.45) is 2.36. The predicted molar refractivity (Wildman–Crippen MR) is 73.2 cm³/mol. The Hall–Kier alpha value is -1.69. The topological polar surface area (TPSA) is 63.5 Å². The van der Waals surface area contributed by atoms with E-state index in [0.717, 1.165) is 20.9 Å². The molecule has 0 fully saturated rings. The van der Waals surface area contributed by atoms with Crippen LogP contribution in [-0.2, 0) is 11.2 Å². The van der Waals surface area contributed by atoms with E-state index in [9.17, 15) is 9.70 Å². The van der Waals surface area contributed by atoms with Crippen LogP contribution in [0.3, 0.4) is 0 Å². The fraction of sp³-hybridized carbons (Fsp3) is 0.250. The van der Waals surface area contributed by atoms with Crippen LogP contribution in [0, 0.1) is 4.91 Å². The van der Waals surface area contributed by atoms with Gasteiger partial charge in [-0.25, -0.2) is 4.68 Å². The first-order valence-electron chi connectivity index (χ1n) is 5.49. The zero-order valence-corrected chi connectivity index (χ0v) is 11.4. The molecule has 0 spiro atoms. The van der Waals surface area contributed by atoms with Gasteiger partial charge in [-0.05, 0) is 30.2 Å². The van der Waals surface area contributed by atoms with Gasteiger partial charge in [-0.1, -0.05) is 15.9 Å². The van der Waals surface area contributed by atoms with Gasteiger partial charge in [-0.15, -0.1) is 4.91 Å². The minimum absolute atomic E-state index is 0.0616. The molecule has 6 heteroatoms. The molecule has 1 heterocycles. The maximum Gasteiger partial charge on any atom is 0.216 e. The Labute approximate surface area is 112 Å². The summed E-state index contributed by atoms with van der Waals surface area (Å²) < 4.78 is 2.25. The molecule has 18 heavy (non-hydrogen) atoms. The van der Waals surface area contributed by atoms with E-state index in [4.69, 9.17) is 0 Å². The first-order valence-corrected chi connectivity index (χ1v) is 6.28. The minimum atomic E-state index is -0.0616. The highest BCUT2D eigenvalue weighted by Gasteiger charge is 2.09. The Morgan fingerprint density at radius 3 is 2.94 bits per heavy atom. The van der Waals surface area contributed by atoms with Gasteiger partial charge < -0.3 is 5.32 Å². The summed E-state index contributed by atoms with van der Waals surface area (Å²) in [7, 11) is 0. The minimum Gasteiger partial charge on any atom is -0.356 e. The Balaban J connectivity index is 2.34. The summed E-state index contributed by atoms with van der Waals surface area (Å²) in [5.74, 6) is -0.0616. The summed E-state index contributed by atoms with van der Waals surface area (Å²) in [4.78, 5) is 21.6. The van der Waals surface area contributed by atoms with Crippen molar-refractivity contribution in [2.45, 2.75) is 13.3 Å².